The molecule has 19 heavy (non-hydrogen) atoms. The molecule has 3 rings (SSSR count). The Labute approximate surface area is 113 Å². The van der Waals surface area contributed by atoms with Crippen LogP contribution in [0.5, 0.6) is 0 Å². The summed E-state index contributed by atoms with van der Waals surface area (Å²) in [5, 5.41) is 4.44. The molecule has 2 N–H and O–H groups in total. The molecule has 1 atom stereocenters. The fourth-order valence-corrected chi connectivity index (χ4v) is 2.78. The molecular formula is C15H20N4. The van der Waals surface area contributed by atoms with Crippen molar-refractivity contribution in [2.45, 2.75) is 12.3 Å². The summed E-state index contributed by atoms with van der Waals surface area (Å²) in [6.07, 6.45) is 1.24. The van der Waals surface area contributed by atoms with Gasteiger partial charge in [0.2, 0.25) is 0 Å². The van der Waals surface area contributed by atoms with Crippen LogP contribution in [-0.2, 0) is 7.05 Å². The Morgan fingerprint density at radius 1 is 1.26 bits per heavy atom. The molecule has 4 nitrogen and oxygen atoms in total. The topological polar surface area (TPSA) is 47.1 Å². The van der Waals surface area contributed by atoms with Crippen LogP contribution in [0.2, 0.25) is 0 Å². The van der Waals surface area contributed by atoms with Gasteiger partial charge in [0.25, 0.3) is 0 Å². The highest BCUT2D eigenvalue weighted by Gasteiger charge is 2.21. The second-order valence-electron chi connectivity index (χ2n) is 5.45. The molecule has 4 heteroatoms. The molecule has 0 spiro atoms. The first-order chi connectivity index (χ1) is 9.13. The molecule has 1 aliphatic heterocycles. The summed E-state index contributed by atoms with van der Waals surface area (Å²) >= 11 is 0. The lowest BCUT2D eigenvalue weighted by Gasteiger charge is -2.11. The normalized spacial score (nSPS) is 20.0. The van der Waals surface area contributed by atoms with E-state index in [-0.39, 0.29) is 0 Å². The fourth-order valence-electron chi connectivity index (χ4n) is 2.78. The smallest absolute Gasteiger partial charge is 0.121 e. The first-order valence-electron chi connectivity index (χ1n) is 6.72. The van der Waals surface area contributed by atoms with Crippen LogP contribution in [0.15, 0.2) is 30.3 Å². The SMILES string of the molecule is CN1CCC(c2cccc(-c3cc(N)n(C)n3)c2)C1. The van der Waals surface area contributed by atoms with Crippen molar-refractivity contribution in [2.75, 3.05) is 25.9 Å². The second kappa shape index (κ2) is 4.70. The van der Waals surface area contributed by atoms with Crippen LogP contribution in [0.25, 0.3) is 11.3 Å². The molecule has 0 saturated carbocycles. The molecule has 0 radical (unpaired) electrons. The Kier molecular flexibility index (Phi) is 3.03. The standard InChI is InChI=1S/C15H20N4/c1-18-7-6-13(10-18)11-4-3-5-12(8-11)14-9-15(16)19(2)17-14/h3-5,8-9,13H,6-7,10,16H2,1-2H3. The highest BCUT2D eigenvalue weighted by molar-refractivity contribution is 5.63. The summed E-state index contributed by atoms with van der Waals surface area (Å²) in [5.74, 6) is 1.34. The highest BCUT2D eigenvalue weighted by Crippen LogP contribution is 2.29. The van der Waals surface area contributed by atoms with Crippen molar-refractivity contribution in [3.63, 3.8) is 0 Å². The predicted octanol–water partition coefficient (Wildman–Crippen LogP) is 2.09. The largest absolute Gasteiger partial charge is 0.384 e. The fraction of sp³-hybridized carbons (Fsp3) is 0.400. The van der Waals surface area contributed by atoms with E-state index in [9.17, 15) is 0 Å². The summed E-state index contributed by atoms with van der Waals surface area (Å²) in [4.78, 5) is 2.39. The molecule has 1 aromatic heterocycles. The molecule has 0 bridgehead atoms. The van der Waals surface area contributed by atoms with Crippen LogP contribution in [-0.4, -0.2) is 34.8 Å². The molecule has 1 unspecified atom stereocenters. The maximum Gasteiger partial charge on any atom is 0.121 e. The van der Waals surface area contributed by atoms with Crippen molar-refractivity contribution in [2.24, 2.45) is 7.05 Å². The van der Waals surface area contributed by atoms with E-state index >= 15 is 0 Å². The van der Waals surface area contributed by atoms with Crippen LogP contribution in [0, 0.1) is 0 Å². The maximum absolute atomic E-state index is 5.85. The molecule has 100 valence electrons. The van der Waals surface area contributed by atoms with Crippen molar-refractivity contribution in [3.8, 4) is 11.3 Å². The number of rotatable bonds is 2. The number of nitrogen functional groups attached to an aromatic ring is 1. The maximum atomic E-state index is 5.85. The summed E-state index contributed by atoms with van der Waals surface area (Å²) in [6, 6.07) is 10.6. The molecule has 0 aliphatic carbocycles. The minimum atomic E-state index is 0.644. The minimum absolute atomic E-state index is 0.644. The lowest BCUT2D eigenvalue weighted by atomic mass is 9.96. The molecule has 2 heterocycles. The first kappa shape index (κ1) is 12.2. The van der Waals surface area contributed by atoms with Crippen molar-refractivity contribution in [1.29, 1.82) is 0 Å². The van der Waals surface area contributed by atoms with Crippen LogP contribution < -0.4 is 5.73 Å². The lowest BCUT2D eigenvalue weighted by Crippen LogP contribution is -2.13. The van der Waals surface area contributed by atoms with Crippen molar-refractivity contribution in [1.82, 2.24) is 14.7 Å². The van der Waals surface area contributed by atoms with Crippen LogP contribution >= 0.6 is 0 Å². The molecule has 1 saturated heterocycles. The first-order valence-corrected chi connectivity index (χ1v) is 6.72. The highest BCUT2D eigenvalue weighted by atomic mass is 15.3. The van der Waals surface area contributed by atoms with Crippen molar-refractivity contribution >= 4 is 5.82 Å². The van der Waals surface area contributed by atoms with Gasteiger partial charge in [0.1, 0.15) is 5.82 Å². The van der Waals surface area contributed by atoms with Gasteiger partial charge in [-0.1, -0.05) is 18.2 Å². The third-order valence-corrected chi connectivity index (χ3v) is 3.96. The average Bonchev–Trinajstić information content (AvgIpc) is 2.97. The van der Waals surface area contributed by atoms with Gasteiger partial charge in [0, 0.05) is 25.2 Å². The minimum Gasteiger partial charge on any atom is -0.384 e. The van der Waals surface area contributed by atoms with E-state index in [2.05, 4.69) is 41.3 Å². The van der Waals surface area contributed by atoms with Gasteiger partial charge < -0.3 is 10.6 Å². The number of anilines is 1. The van der Waals surface area contributed by atoms with Crippen LogP contribution in [0.3, 0.4) is 0 Å². The van der Waals surface area contributed by atoms with Gasteiger partial charge in [-0.15, -0.1) is 0 Å². The van der Waals surface area contributed by atoms with E-state index < -0.39 is 0 Å². The number of benzene rings is 1. The quantitative estimate of drug-likeness (QED) is 0.895. The number of likely N-dealkylation sites (N-methyl/N-ethyl adjacent to an activating group) is 1. The van der Waals surface area contributed by atoms with Crippen LogP contribution in [0.4, 0.5) is 5.82 Å². The van der Waals surface area contributed by atoms with E-state index in [1.807, 2.05) is 13.1 Å². The summed E-state index contributed by atoms with van der Waals surface area (Å²) in [7, 11) is 4.05. The van der Waals surface area contributed by atoms with Gasteiger partial charge in [0.15, 0.2) is 0 Å². The van der Waals surface area contributed by atoms with Gasteiger partial charge in [-0.25, -0.2) is 0 Å². The summed E-state index contributed by atoms with van der Waals surface area (Å²) in [6.45, 7) is 2.33. The summed E-state index contributed by atoms with van der Waals surface area (Å²) < 4.78 is 1.71. The molecule has 1 aromatic carbocycles. The van der Waals surface area contributed by atoms with Gasteiger partial charge >= 0.3 is 0 Å². The van der Waals surface area contributed by atoms with Crippen LogP contribution in [0.1, 0.15) is 17.9 Å². The van der Waals surface area contributed by atoms with Gasteiger partial charge in [-0.3, -0.25) is 4.68 Å². The zero-order valence-electron chi connectivity index (χ0n) is 11.5. The number of hydrogen-bond donors (Lipinski definition) is 1. The molecule has 1 aliphatic rings. The third kappa shape index (κ3) is 2.36. The van der Waals surface area contributed by atoms with E-state index in [1.54, 1.807) is 4.68 Å². The van der Waals surface area contributed by atoms with E-state index in [4.69, 9.17) is 5.73 Å². The number of aryl methyl sites for hydroxylation is 1. The average molecular weight is 256 g/mol. The lowest BCUT2D eigenvalue weighted by molar-refractivity contribution is 0.411. The Morgan fingerprint density at radius 2 is 2.11 bits per heavy atom. The van der Waals surface area contributed by atoms with Crippen molar-refractivity contribution in [3.05, 3.63) is 35.9 Å². The predicted molar refractivity (Wildman–Crippen MR) is 77.9 cm³/mol. The van der Waals surface area contributed by atoms with E-state index in [0.717, 1.165) is 17.8 Å². The Balaban J connectivity index is 1.91. The zero-order chi connectivity index (χ0) is 13.4. The van der Waals surface area contributed by atoms with Gasteiger partial charge in [-0.05, 0) is 37.6 Å². The number of nitrogens with zero attached hydrogens (tertiary/aromatic N) is 3. The summed E-state index contributed by atoms with van der Waals surface area (Å²) in [5.41, 5.74) is 9.36. The van der Waals surface area contributed by atoms with Gasteiger partial charge in [0.05, 0.1) is 5.69 Å². The van der Waals surface area contributed by atoms with E-state index in [1.165, 1.54) is 18.5 Å². The Bertz CT molecular complexity index is 568. The Hall–Kier alpha value is -1.81. The molecule has 0 amide bonds. The number of nitrogens with two attached hydrogens (primary N) is 1. The number of hydrogen-bond acceptors (Lipinski definition) is 3. The number of aromatic nitrogens is 2. The molecular weight excluding hydrogens is 236 g/mol. The molecule has 1 fully saturated rings. The Morgan fingerprint density at radius 3 is 2.74 bits per heavy atom. The van der Waals surface area contributed by atoms with E-state index in [0.29, 0.717) is 11.7 Å². The molecule has 2 aromatic rings. The number of likely N-dealkylation sites (tertiary alicyclic amines) is 1. The second-order valence-corrected chi connectivity index (χ2v) is 5.45. The van der Waals surface area contributed by atoms with Gasteiger partial charge in [-0.2, -0.15) is 5.10 Å². The van der Waals surface area contributed by atoms with Crippen molar-refractivity contribution < 1.29 is 0 Å². The third-order valence-electron chi connectivity index (χ3n) is 3.96. The zero-order valence-corrected chi connectivity index (χ0v) is 11.5. The monoisotopic (exact) mass is 256 g/mol.